The smallest absolute Gasteiger partial charge is 0.129 e. The Hall–Kier alpha value is -1.35. The SMILES string of the molecule is Cn1cc(-c2ccnc(Cl)c2)cn1. The molecule has 0 bridgehead atoms. The van der Waals surface area contributed by atoms with Crippen molar-refractivity contribution in [3.63, 3.8) is 0 Å². The molecule has 2 rings (SSSR count). The van der Waals surface area contributed by atoms with Crippen LogP contribution < -0.4 is 0 Å². The minimum absolute atomic E-state index is 0.501. The summed E-state index contributed by atoms with van der Waals surface area (Å²) in [5, 5.41) is 4.58. The summed E-state index contributed by atoms with van der Waals surface area (Å²) in [6, 6.07) is 3.72. The second-order valence-electron chi connectivity index (χ2n) is 2.77. The van der Waals surface area contributed by atoms with Crippen molar-refractivity contribution in [3.05, 3.63) is 35.9 Å². The zero-order chi connectivity index (χ0) is 9.26. The molecular weight excluding hydrogens is 186 g/mol. The molecule has 0 aliphatic carbocycles. The molecule has 2 aromatic heterocycles. The third kappa shape index (κ3) is 1.70. The Morgan fingerprint density at radius 3 is 2.85 bits per heavy atom. The fourth-order valence-electron chi connectivity index (χ4n) is 1.15. The fourth-order valence-corrected chi connectivity index (χ4v) is 1.33. The van der Waals surface area contributed by atoms with Crippen molar-refractivity contribution in [2.45, 2.75) is 0 Å². The highest BCUT2D eigenvalue weighted by molar-refractivity contribution is 6.29. The van der Waals surface area contributed by atoms with Gasteiger partial charge in [-0.15, -0.1) is 0 Å². The predicted octanol–water partition coefficient (Wildman–Crippen LogP) is 2.14. The van der Waals surface area contributed by atoms with E-state index in [1.54, 1.807) is 17.1 Å². The van der Waals surface area contributed by atoms with Crippen LogP contribution in [0.25, 0.3) is 11.1 Å². The molecule has 0 saturated heterocycles. The van der Waals surface area contributed by atoms with Gasteiger partial charge in [0.15, 0.2) is 0 Å². The van der Waals surface area contributed by atoms with Crippen LogP contribution in [0.2, 0.25) is 5.15 Å². The van der Waals surface area contributed by atoms with Gasteiger partial charge < -0.3 is 0 Å². The molecule has 3 nitrogen and oxygen atoms in total. The van der Waals surface area contributed by atoms with Crippen molar-refractivity contribution < 1.29 is 0 Å². The molecular formula is C9H8ClN3. The number of aryl methyl sites for hydroxylation is 1. The van der Waals surface area contributed by atoms with Crippen molar-refractivity contribution in [2.24, 2.45) is 7.05 Å². The number of nitrogens with zero attached hydrogens (tertiary/aromatic N) is 3. The molecule has 0 fully saturated rings. The minimum Gasteiger partial charge on any atom is -0.275 e. The van der Waals surface area contributed by atoms with Crippen molar-refractivity contribution in [3.8, 4) is 11.1 Å². The lowest BCUT2D eigenvalue weighted by Crippen LogP contribution is -1.84. The van der Waals surface area contributed by atoms with Gasteiger partial charge in [-0.2, -0.15) is 5.10 Å². The van der Waals surface area contributed by atoms with E-state index in [-0.39, 0.29) is 0 Å². The lowest BCUT2D eigenvalue weighted by atomic mass is 10.1. The van der Waals surface area contributed by atoms with E-state index >= 15 is 0 Å². The first kappa shape index (κ1) is 8.26. The summed E-state index contributed by atoms with van der Waals surface area (Å²) in [5.41, 5.74) is 2.08. The highest BCUT2D eigenvalue weighted by atomic mass is 35.5. The molecule has 0 amide bonds. The van der Waals surface area contributed by atoms with Crippen LogP contribution in [0.1, 0.15) is 0 Å². The molecule has 0 saturated carbocycles. The molecule has 2 aromatic rings. The zero-order valence-electron chi connectivity index (χ0n) is 7.11. The monoisotopic (exact) mass is 193 g/mol. The van der Waals surface area contributed by atoms with E-state index in [1.807, 2.05) is 25.4 Å². The zero-order valence-corrected chi connectivity index (χ0v) is 7.86. The average molecular weight is 194 g/mol. The van der Waals surface area contributed by atoms with E-state index < -0.39 is 0 Å². The van der Waals surface area contributed by atoms with Gasteiger partial charge in [-0.25, -0.2) is 4.98 Å². The first-order chi connectivity index (χ1) is 6.25. The number of hydrogen-bond acceptors (Lipinski definition) is 2. The Balaban J connectivity index is 2.46. The Bertz CT molecular complexity index is 422. The molecule has 4 heteroatoms. The van der Waals surface area contributed by atoms with Gasteiger partial charge in [-0.3, -0.25) is 4.68 Å². The number of halogens is 1. The van der Waals surface area contributed by atoms with Crippen LogP contribution in [0.3, 0.4) is 0 Å². The first-order valence-electron chi connectivity index (χ1n) is 3.86. The second-order valence-corrected chi connectivity index (χ2v) is 3.16. The quantitative estimate of drug-likeness (QED) is 0.650. The van der Waals surface area contributed by atoms with Crippen LogP contribution in [0, 0.1) is 0 Å². The molecule has 0 spiro atoms. The molecule has 0 aliphatic heterocycles. The van der Waals surface area contributed by atoms with Crippen molar-refractivity contribution >= 4 is 11.6 Å². The van der Waals surface area contributed by atoms with Crippen LogP contribution in [0.15, 0.2) is 30.7 Å². The third-order valence-electron chi connectivity index (χ3n) is 1.76. The van der Waals surface area contributed by atoms with Crippen LogP contribution in [-0.2, 0) is 7.05 Å². The maximum absolute atomic E-state index is 5.76. The summed E-state index contributed by atoms with van der Waals surface area (Å²) in [7, 11) is 1.88. The molecule has 0 aromatic carbocycles. The van der Waals surface area contributed by atoms with Gasteiger partial charge in [0.2, 0.25) is 0 Å². The van der Waals surface area contributed by atoms with E-state index in [2.05, 4.69) is 10.1 Å². The summed E-state index contributed by atoms with van der Waals surface area (Å²) in [5.74, 6) is 0. The van der Waals surface area contributed by atoms with Gasteiger partial charge in [0.25, 0.3) is 0 Å². The van der Waals surface area contributed by atoms with Crippen molar-refractivity contribution in [2.75, 3.05) is 0 Å². The van der Waals surface area contributed by atoms with Crippen molar-refractivity contribution in [1.29, 1.82) is 0 Å². The molecule has 0 atom stereocenters. The molecule has 0 radical (unpaired) electrons. The molecule has 0 unspecified atom stereocenters. The summed E-state index contributed by atoms with van der Waals surface area (Å²) in [6.07, 6.45) is 5.42. The summed E-state index contributed by atoms with van der Waals surface area (Å²) in [6.45, 7) is 0. The van der Waals surface area contributed by atoms with E-state index in [0.717, 1.165) is 11.1 Å². The maximum Gasteiger partial charge on any atom is 0.129 e. The number of hydrogen-bond donors (Lipinski definition) is 0. The summed E-state index contributed by atoms with van der Waals surface area (Å²) in [4.78, 5) is 3.91. The fraction of sp³-hybridized carbons (Fsp3) is 0.111. The van der Waals surface area contributed by atoms with Gasteiger partial charge >= 0.3 is 0 Å². The Morgan fingerprint density at radius 1 is 1.38 bits per heavy atom. The van der Waals surface area contributed by atoms with Crippen LogP contribution in [-0.4, -0.2) is 14.8 Å². The van der Waals surface area contributed by atoms with Gasteiger partial charge in [0, 0.05) is 25.0 Å². The Kier molecular flexibility index (Phi) is 2.02. The molecule has 13 heavy (non-hydrogen) atoms. The van der Waals surface area contributed by atoms with Gasteiger partial charge in [-0.05, 0) is 17.7 Å². The molecule has 2 heterocycles. The number of pyridine rings is 1. The number of rotatable bonds is 1. The standard InChI is InChI=1S/C9H8ClN3/c1-13-6-8(5-12-13)7-2-3-11-9(10)4-7/h2-6H,1H3. The lowest BCUT2D eigenvalue weighted by Gasteiger charge is -1.95. The van der Waals surface area contributed by atoms with Crippen LogP contribution in [0.5, 0.6) is 0 Å². The largest absolute Gasteiger partial charge is 0.275 e. The highest BCUT2D eigenvalue weighted by Gasteiger charge is 2.00. The molecule has 0 N–H and O–H groups in total. The average Bonchev–Trinajstić information content (AvgIpc) is 2.52. The van der Waals surface area contributed by atoms with E-state index in [1.165, 1.54) is 0 Å². The normalized spacial score (nSPS) is 10.3. The van der Waals surface area contributed by atoms with Crippen molar-refractivity contribution in [1.82, 2.24) is 14.8 Å². The van der Waals surface area contributed by atoms with E-state index in [9.17, 15) is 0 Å². The predicted molar refractivity (Wildman–Crippen MR) is 51.4 cm³/mol. The highest BCUT2D eigenvalue weighted by Crippen LogP contribution is 2.19. The van der Waals surface area contributed by atoms with Crippen LogP contribution in [0.4, 0.5) is 0 Å². The van der Waals surface area contributed by atoms with Crippen LogP contribution >= 0.6 is 11.6 Å². The Labute approximate surface area is 81.0 Å². The van der Waals surface area contributed by atoms with E-state index in [4.69, 9.17) is 11.6 Å². The second kappa shape index (κ2) is 3.18. The summed E-state index contributed by atoms with van der Waals surface area (Å²) < 4.78 is 1.75. The minimum atomic E-state index is 0.501. The maximum atomic E-state index is 5.76. The van der Waals surface area contributed by atoms with E-state index in [0.29, 0.717) is 5.15 Å². The van der Waals surface area contributed by atoms with Gasteiger partial charge in [-0.1, -0.05) is 11.6 Å². The van der Waals surface area contributed by atoms with Gasteiger partial charge in [0.05, 0.1) is 6.20 Å². The topological polar surface area (TPSA) is 30.7 Å². The first-order valence-corrected chi connectivity index (χ1v) is 4.24. The lowest BCUT2D eigenvalue weighted by molar-refractivity contribution is 0.768. The van der Waals surface area contributed by atoms with Gasteiger partial charge in [0.1, 0.15) is 5.15 Å². The third-order valence-corrected chi connectivity index (χ3v) is 1.97. The number of aromatic nitrogens is 3. The molecule has 66 valence electrons. The summed E-state index contributed by atoms with van der Waals surface area (Å²) >= 11 is 5.76. The molecule has 0 aliphatic rings. The Morgan fingerprint density at radius 2 is 2.23 bits per heavy atom.